The third-order valence-electron chi connectivity index (χ3n) is 6.86. The summed E-state index contributed by atoms with van der Waals surface area (Å²) in [5.41, 5.74) is -0.163. The number of amides is 4. The number of likely N-dealkylation sites (tertiary alicyclic amines) is 1. The second-order valence-corrected chi connectivity index (χ2v) is 9.41. The fraction of sp³-hybridized carbons (Fsp3) is 0.542. The van der Waals surface area contributed by atoms with Gasteiger partial charge < -0.3 is 10.1 Å². The van der Waals surface area contributed by atoms with Crippen molar-refractivity contribution in [2.75, 3.05) is 16.8 Å². The lowest BCUT2D eigenvalue weighted by molar-refractivity contribution is -0.155. The van der Waals surface area contributed by atoms with Gasteiger partial charge in [-0.2, -0.15) is 0 Å². The minimum absolute atomic E-state index is 0.0507. The molecule has 9 heteroatoms. The molecule has 1 aromatic rings. The lowest BCUT2D eigenvalue weighted by Gasteiger charge is -2.42. The Hall–Kier alpha value is -3.23. The lowest BCUT2D eigenvalue weighted by atomic mass is 9.81. The summed E-state index contributed by atoms with van der Waals surface area (Å²) in [6.45, 7) is 4.64. The maximum atomic E-state index is 13.2. The highest BCUT2D eigenvalue weighted by molar-refractivity contribution is 6.15. The zero-order valence-corrected chi connectivity index (χ0v) is 19.1. The van der Waals surface area contributed by atoms with Gasteiger partial charge >= 0.3 is 5.97 Å². The molecule has 1 aliphatic carbocycles. The number of benzene rings is 1. The number of nitrogens with one attached hydrogen (secondary N) is 1. The van der Waals surface area contributed by atoms with Crippen molar-refractivity contribution in [1.82, 2.24) is 4.90 Å². The molecule has 2 heterocycles. The van der Waals surface area contributed by atoms with Crippen LogP contribution in [0.15, 0.2) is 24.3 Å². The molecule has 0 bridgehead atoms. The number of rotatable bonds is 5. The summed E-state index contributed by atoms with van der Waals surface area (Å²) >= 11 is 0. The summed E-state index contributed by atoms with van der Waals surface area (Å²) in [5.74, 6) is -2.52. The number of carbonyl (C=O) groups excluding carboxylic acids is 5. The molecule has 0 aromatic heterocycles. The molecule has 4 rings (SSSR count). The maximum absolute atomic E-state index is 13.2. The molecule has 2 aliphatic heterocycles. The van der Waals surface area contributed by atoms with Crippen molar-refractivity contribution >= 4 is 41.0 Å². The Kier molecular flexibility index (Phi) is 5.99. The van der Waals surface area contributed by atoms with Gasteiger partial charge in [-0.3, -0.25) is 33.8 Å². The van der Waals surface area contributed by atoms with Gasteiger partial charge in [-0.05, 0) is 45.7 Å². The molecule has 2 fully saturated rings. The fourth-order valence-corrected chi connectivity index (χ4v) is 4.99. The number of imide groups is 1. The number of hydrogen-bond donors (Lipinski definition) is 1. The molecule has 4 amide bonds. The number of esters is 1. The fourth-order valence-electron chi connectivity index (χ4n) is 4.99. The molecule has 1 aromatic carbocycles. The first kappa shape index (κ1) is 22.9. The van der Waals surface area contributed by atoms with Crippen molar-refractivity contribution in [3.63, 3.8) is 0 Å². The smallest absolute Gasteiger partial charge is 0.308 e. The van der Waals surface area contributed by atoms with Crippen LogP contribution in [0.1, 0.15) is 52.9 Å². The predicted molar refractivity (Wildman–Crippen MR) is 119 cm³/mol. The number of ether oxygens (including phenoxy) is 1. The maximum Gasteiger partial charge on any atom is 0.308 e. The summed E-state index contributed by atoms with van der Waals surface area (Å²) in [6, 6.07) is 6.92. The molecular weight excluding hydrogens is 426 g/mol. The van der Waals surface area contributed by atoms with Crippen molar-refractivity contribution < 1.29 is 28.7 Å². The predicted octanol–water partition coefficient (Wildman–Crippen LogP) is 2.25. The number of anilines is 2. The number of fused-ring (bicyclic) bond motifs is 2. The van der Waals surface area contributed by atoms with E-state index in [2.05, 4.69) is 5.32 Å². The van der Waals surface area contributed by atoms with Gasteiger partial charge in [0.2, 0.25) is 17.7 Å². The van der Waals surface area contributed by atoms with Crippen LogP contribution in [-0.2, 0) is 28.7 Å². The standard InChI is InChI=1S/C24H29N3O6/c1-14(20(29)27-18-11-7-6-10-17(18)25-23(32)24(27,2)3)33-19(28)12-13-26-21(30)15-8-4-5-9-16(15)22(26)31/h6-7,10-11,14-16H,4-5,8-9,12-13H2,1-3H3,(H,25,32)/t14-,15-,16-/m0/s1. The molecule has 176 valence electrons. The summed E-state index contributed by atoms with van der Waals surface area (Å²) < 4.78 is 5.35. The molecule has 33 heavy (non-hydrogen) atoms. The van der Waals surface area contributed by atoms with Gasteiger partial charge in [0.1, 0.15) is 5.54 Å². The van der Waals surface area contributed by atoms with Gasteiger partial charge in [0, 0.05) is 6.54 Å². The second-order valence-electron chi connectivity index (χ2n) is 9.41. The zero-order valence-electron chi connectivity index (χ0n) is 19.1. The Morgan fingerprint density at radius 3 is 2.33 bits per heavy atom. The quantitative estimate of drug-likeness (QED) is 0.538. The van der Waals surface area contributed by atoms with E-state index in [4.69, 9.17) is 4.74 Å². The van der Waals surface area contributed by atoms with Crippen molar-refractivity contribution in [3.8, 4) is 0 Å². The summed E-state index contributed by atoms with van der Waals surface area (Å²) in [7, 11) is 0. The average molecular weight is 456 g/mol. The molecule has 3 aliphatic rings. The third-order valence-corrected chi connectivity index (χ3v) is 6.86. The van der Waals surface area contributed by atoms with Crippen molar-refractivity contribution in [2.24, 2.45) is 11.8 Å². The van der Waals surface area contributed by atoms with Gasteiger partial charge in [0.15, 0.2) is 6.10 Å². The Morgan fingerprint density at radius 1 is 1.09 bits per heavy atom. The highest BCUT2D eigenvalue weighted by Gasteiger charge is 2.48. The van der Waals surface area contributed by atoms with E-state index in [1.54, 1.807) is 38.1 Å². The van der Waals surface area contributed by atoms with Crippen LogP contribution in [0.25, 0.3) is 0 Å². The molecule has 1 N–H and O–H groups in total. The first-order valence-electron chi connectivity index (χ1n) is 11.4. The van der Waals surface area contributed by atoms with Crippen LogP contribution in [-0.4, -0.2) is 52.7 Å². The summed E-state index contributed by atoms with van der Waals surface area (Å²) in [5, 5.41) is 2.79. The van der Waals surface area contributed by atoms with E-state index >= 15 is 0 Å². The van der Waals surface area contributed by atoms with Crippen molar-refractivity contribution in [1.29, 1.82) is 0 Å². The minimum Gasteiger partial charge on any atom is -0.452 e. The largest absolute Gasteiger partial charge is 0.452 e. The summed E-state index contributed by atoms with van der Waals surface area (Å²) in [4.78, 5) is 66.0. The van der Waals surface area contributed by atoms with Gasteiger partial charge in [-0.15, -0.1) is 0 Å². The van der Waals surface area contributed by atoms with Crippen molar-refractivity contribution in [3.05, 3.63) is 24.3 Å². The molecule has 3 atom stereocenters. The average Bonchev–Trinajstić information content (AvgIpc) is 3.02. The van der Waals surface area contributed by atoms with Gasteiger partial charge in [-0.25, -0.2) is 0 Å². The first-order chi connectivity index (χ1) is 15.6. The molecule has 0 unspecified atom stereocenters. The molecular formula is C24H29N3O6. The Bertz CT molecular complexity index is 995. The molecule has 1 saturated carbocycles. The van der Waals surface area contributed by atoms with Crippen LogP contribution in [0.4, 0.5) is 11.4 Å². The van der Waals surface area contributed by atoms with E-state index in [1.807, 2.05) is 0 Å². The van der Waals surface area contributed by atoms with E-state index in [9.17, 15) is 24.0 Å². The first-order valence-corrected chi connectivity index (χ1v) is 11.4. The number of nitrogens with zero attached hydrogens (tertiary/aromatic N) is 2. The molecule has 1 saturated heterocycles. The molecule has 0 radical (unpaired) electrons. The topological polar surface area (TPSA) is 113 Å². The van der Waals surface area contributed by atoms with E-state index in [-0.39, 0.29) is 42.5 Å². The van der Waals surface area contributed by atoms with Gasteiger partial charge in [-0.1, -0.05) is 25.0 Å². The number of hydrogen-bond acceptors (Lipinski definition) is 6. The van der Waals surface area contributed by atoms with Crippen molar-refractivity contribution in [2.45, 2.75) is 64.5 Å². The molecule has 9 nitrogen and oxygen atoms in total. The highest BCUT2D eigenvalue weighted by Crippen LogP contribution is 2.39. The van der Waals surface area contributed by atoms with Crippen LogP contribution in [0.2, 0.25) is 0 Å². The van der Waals surface area contributed by atoms with E-state index in [1.165, 1.54) is 16.7 Å². The normalized spacial score (nSPS) is 24.6. The third kappa shape index (κ3) is 4.00. The minimum atomic E-state index is -1.18. The number of para-hydroxylation sites is 2. The van der Waals surface area contributed by atoms with Gasteiger partial charge in [0.05, 0.1) is 29.6 Å². The SMILES string of the molecule is C[C@H](OC(=O)CCN1C(=O)[C@H]2CCCC[C@@H]2C1=O)C(=O)N1c2ccccc2NC(=O)C1(C)C. The van der Waals surface area contributed by atoms with Crippen LogP contribution >= 0.6 is 0 Å². The number of carbonyl (C=O) groups is 5. The second kappa shape index (κ2) is 8.61. The Labute approximate surface area is 192 Å². The van der Waals surface area contributed by atoms with E-state index in [0.29, 0.717) is 24.2 Å². The highest BCUT2D eigenvalue weighted by atomic mass is 16.5. The summed E-state index contributed by atoms with van der Waals surface area (Å²) in [6.07, 6.45) is 1.95. The van der Waals surface area contributed by atoms with E-state index < -0.39 is 23.5 Å². The van der Waals surface area contributed by atoms with Crippen LogP contribution in [0.5, 0.6) is 0 Å². The Balaban J connectivity index is 1.40. The van der Waals surface area contributed by atoms with Crippen LogP contribution in [0, 0.1) is 11.8 Å². The molecule has 0 spiro atoms. The van der Waals surface area contributed by atoms with Gasteiger partial charge in [0.25, 0.3) is 5.91 Å². The zero-order chi connectivity index (χ0) is 23.9. The lowest BCUT2D eigenvalue weighted by Crippen LogP contribution is -2.60. The van der Waals surface area contributed by atoms with Crippen LogP contribution in [0.3, 0.4) is 0 Å². The monoisotopic (exact) mass is 455 g/mol. The Morgan fingerprint density at radius 2 is 1.70 bits per heavy atom. The van der Waals surface area contributed by atoms with Crippen LogP contribution < -0.4 is 10.2 Å². The van der Waals surface area contributed by atoms with E-state index in [0.717, 1.165) is 12.8 Å².